The molecule has 0 saturated carbocycles. The van der Waals surface area contributed by atoms with Gasteiger partial charge in [-0.2, -0.15) is 0 Å². The Morgan fingerprint density at radius 1 is 0.933 bits per heavy atom. The van der Waals surface area contributed by atoms with Crippen LogP contribution in [0.2, 0.25) is 0 Å². The fourth-order valence-electron chi connectivity index (χ4n) is 4.02. The number of carbonyl (C=O) groups excluding carboxylic acids is 3. The highest BCUT2D eigenvalue weighted by molar-refractivity contribution is 5.95. The zero-order valence-electron chi connectivity index (χ0n) is 18.4. The van der Waals surface area contributed by atoms with E-state index < -0.39 is 0 Å². The predicted molar refractivity (Wildman–Crippen MR) is 112 cm³/mol. The molecular weight excluding hydrogens is 386 g/mol. The molecule has 3 rings (SSSR count). The summed E-state index contributed by atoms with van der Waals surface area (Å²) in [6.45, 7) is 8.24. The number of likely N-dealkylation sites (tertiary alicyclic amines) is 1. The van der Waals surface area contributed by atoms with Gasteiger partial charge in [-0.15, -0.1) is 0 Å². The summed E-state index contributed by atoms with van der Waals surface area (Å²) >= 11 is 0. The first-order valence-corrected chi connectivity index (χ1v) is 10.3. The van der Waals surface area contributed by atoms with Gasteiger partial charge in [0.25, 0.3) is 5.91 Å². The van der Waals surface area contributed by atoms with Crippen LogP contribution in [0.3, 0.4) is 0 Å². The van der Waals surface area contributed by atoms with E-state index in [1.165, 1.54) is 0 Å². The maximum absolute atomic E-state index is 12.9. The maximum atomic E-state index is 12.9. The molecule has 1 aromatic carbocycles. The number of rotatable bonds is 4. The summed E-state index contributed by atoms with van der Waals surface area (Å²) in [4.78, 5) is 43.5. The van der Waals surface area contributed by atoms with Crippen molar-refractivity contribution in [2.24, 2.45) is 5.92 Å². The van der Waals surface area contributed by atoms with Crippen molar-refractivity contribution < 1.29 is 23.9 Å². The molecule has 2 fully saturated rings. The van der Waals surface area contributed by atoms with Crippen molar-refractivity contribution in [1.29, 1.82) is 0 Å². The normalized spacial score (nSPS) is 19.8. The van der Waals surface area contributed by atoms with Crippen molar-refractivity contribution >= 4 is 17.7 Å². The van der Waals surface area contributed by atoms with Gasteiger partial charge < -0.3 is 24.2 Å². The van der Waals surface area contributed by atoms with Crippen molar-refractivity contribution in [3.8, 4) is 11.5 Å². The minimum Gasteiger partial charge on any atom is -0.497 e. The minimum absolute atomic E-state index is 0.00486. The SMILES string of the molecule is COc1cc(OC)cc(C(=O)N2CCN(C(=O)C3CC(=O)N(C(C)(C)C)C3)CC2)c1. The molecule has 2 aliphatic heterocycles. The first-order chi connectivity index (χ1) is 14.1. The van der Waals surface area contributed by atoms with Gasteiger partial charge in [0.2, 0.25) is 11.8 Å². The van der Waals surface area contributed by atoms with Crippen molar-refractivity contribution in [3.05, 3.63) is 23.8 Å². The van der Waals surface area contributed by atoms with Gasteiger partial charge in [-0.1, -0.05) is 0 Å². The number of carbonyl (C=O) groups is 3. The number of amides is 3. The Bertz CT molecular complexity index is 802. The molecule has 0 aliphatic carbocycles. The summed E-state index contributed by atoms with van der Waals surface area (Å²) in [5.41, 5.74) is 0.211. The van der Waals surface area contributed by atoms with Gasteiger partial charge in [0.1, 0.15) is 11.5 Å². The second-order valence-electron chi connectivity index (χ2n) is 8.80. The van der Waals surface area contributed by atoms with Crippen molar-refractivity contribution in [2.75, 3.05) is 46.9 Å². The number of hydrogen-bond donors (Lipinski definition) is 0. The number of ether oxygens (including phenoxy) is 2. The molecule has 164 valence electrons. The molecule has 0 aromatic heterocycles. The van der Waals surface area contributed by atoms with Gasteiger partial charge >= 0.3 is 0 Å². The van der Waals surface area contributed by atoms with Crippen LogP contribution in [-0.2, 0) is 9.59 Å². The molecule has 0 radical (unpaired) electrons. The lowest BCUT2D eigenvalue weighted by molar-refractivity contribution is -0.137. The van der Waals surface area contributed by atoms with Crippen LogP contribution < -0.4 is 9.47 Å². The fraction of sp³-hybridized carbons (Fsp3) is 0.591. The molecule has 2 saturated heterocycles. The van der Waals surface area contributed by atoms with E-state index in [9.17, 15) is 14.4 Å². The lowest BCUT2D eigenvalue weighted by Gasteiger charge is -2.36. The predicted octanol–water partition coefficient (Wildman–Crippen LogP) is 1.64. The van der Waals surface area contributed by atoms with E-state index in [0.717, 1.165) is 0 Å². The largest absolute Gasteiger partial charge is 0.497 e. The molecule has 0 N–H and O–H groups in total. The molecule has 2 aliphatic rings. The van der Waals surface area contributed by atoms with Crippen LogP contribution in [0, 0.1) is 5.92 Å². The summed E-state index contributed by atoms with van der Waals surface area (Å²) in [6, 6.07) is 5.10. The van der Waals surface area contributed by atoms with Gasteiger partial charge in [0.05, 0.1) is 20.1 Å². The van der Waals surface area contributed by atoms with Crippen LogP contribution in [0.5, 0.6) is 11.5 Å². The Balaban J connectivity index is 1.60. The summed E-state index contributed by atoms with van der Waals surface area (Å²) in [5, 5.41) is 0. The van der Waals surface area contributed by atoms with Crippen molar-refractivity contribution in [1.82, 2.24) is 14.7 Å². The zero-order chi connectivity index (χ0) is 22.1. The van der Waals surface area contributed by atoms with Crippen molar-refractivity contribution in [2.45, 2.75) is 32.7 Å². The summed E-state index contributed by atoms with van der Waals surface area (Å²) < 4.78 is 10.5. The second-order valence-corrected chi connectivity index (χ2v) is 8.80. The van der Waals surface area contributed by atoms with Gasteiger partial charge in [-0.05, 0) is 32.9 Å². The standard InChI is InChI=1S/C22H31N3O5/c1-22(2,3)25-14-16(12-19(25)26)21(28)24-8-6-23(7-9-24)20(27)15-10-17(29-4)13-18(11-15)30-5/h10-11,13,16H,6-9,12,14H2,1-5H3. The van der Waals surface area contributed by atoms with Gasteiger partial charge in [0, 0.05) is 56.3 Å². The second kappa shape index (κ2) is 8.53. The molecule has 30 heavy (non-hydrogen) atoms. The van der Waals surface area contributed by atoms with E-state index in [4.69, 9.17) is 9.47 Å². The summed E-state index contributed by atoms with van der Waals surface area (Å²) in [7, 11) is 3.09. The molecule has 1 aromatic rings. The van der Waals surface area contributed by atoms with Gasteiger partial charge in [0.15, 0.2) is 0 Å². The number of benzene rings is 1. The van der Waals surface area contributed by atoms with Crippen LogP contribution >= 0.6 is 0 Å². The number of nitrogens with zero attached hydrogens (tertiary/aromatic N) is 3. The quantitative estimate of drug-likeness (QED) is 0.744. The van der Waals surface area contributed by atoms with Crippen LogP contribution in [0.15, 0.2) is 18.2 Å². The molecule has 8 heteroatoms. The molecule has 0 bridgehead atoms. The Kier molecular flexibility index (Phi) is 6.24. The maximum Gasteiger partial charge on any atom is 0.254 e. The molecule has 8 nitrogen and oxygen atoms in total. The van der Waals surface area contributed by atoms with Crippen molar-refractivity contribution in [3.63, 3.8) is 0 Å². The minimum atomic E-state index is -0.304. The molecule has 2 heterocycles. The third-order valence-electron chi connectivity index (χ3n) is 5.76. The number of piperazine rings is 1. The van der Waals surface area contributed by atoms with Crippen LogP contribution in [0.25, 0.3) is 0 Å². The Hall–Kier alpha value is -2.77. The topological polar surface area (TPSA) is 79.4 Å². The average molecular weight is 418 g/mol. The smallest absolute Gasteiger partial charge is 0.254 e. The Morgan fingerprint density at radius 3 is 1.93 bits per heavy atom. The highest BCUT2D eigenvalue weighted by Gasteiger charge is 2.41. The van der Waals surface area contributed by atoms with E-state index in [0.29, 0.717) is 49.8 Å². The van der Waals surface area contributed by atoms with Crippen LogP contribution in [-0.4, -0.2) is 84.9 Å². The van der Waals surface area contributed by atoms with E-state index in [1.807, 2.05) is 20.8 Å². The molecule has 3 amide bonds. The first-order valence-electron chi connectivity index (χ1n) is 10.3. The first kappa shape index (κ1) is 21.9. The number of hydrogen-bond acceptors (Lipinski definition) is 5. The Morgan fingerprint density at radius 2 is 1.47 bits per heavy atom. The van der Waals surface area contributed by atoms with E-state index in [-0.39, 0.29) is 35.6 Å². The monoisotopic (exact) mass is 417 g/mol. The van der Waals surface area contributed by atoms with E-state index >= 15 is 0 Å². The number of methoxy groups -OCH3 is 2. The van der Waals surface area contributed by atoms with Gasteiger partial charge in [-0.25, -0.2) is 0 Å². The molecule has 1 unspecified atom stereocenters. The molecular formula is C22H31N3O5. The third-order valence-corrected chi connectivity index (χ3v) is 5.76. The van der Waals surface area contributed by atoms with E-state index in [1.54, 1.807) is 47.1 Å². The lowest BCUT2D eigenvalue weighted by atomic mass is 10.1. The lowest BCUT2D eigenvalue weighted by Crippen LogP contribution is -2.52. The average Bonchev–Trinajstić information content (AvgIpc) is 3.14. The summed E-state index contributed by atoms with van der Waals surface area (Å²) in [5.74, 6) is 0.726. The van der Waals surface area contributed by atoms with E-state index in [2.05, 4.69) is 0 Å². The highest BCUT2D eigenvalue weighted by atomic mass is 16.5. The fourth-order valence-corrected chi connectivity index (χ4v) is 4.02. The molecule has 1 atom stereocenters. The zero-order valence-corrected chi connectivity index (χ0v) is 18.4. The Labute approximate surface area is 177 Å². The molecule has 0 spiro atoms. The third kappa shape index (κ3) is 4.52. The van der Waals surface area contributed by atoms with Crippen LogP contribution in [0.4, 0.5) is 0 Å². The highest BCUT2D eigenvalue weighted by Crippen LogP contribution is 2.28. The van der Waals surface area contributed by atoms with Crippen LogP contribution in [0.1, 0.15) is 37.6 Å². The summed E-state index contributed by atoms with van der Waals surface area (Å²) in [6.07, 6.45) is 0.263. The van der Waals surface area contributed by atoms with Gasteiger partial charge in [-0.3, -0.25) is 14.4 Å².